The maximum atomic E-state index is 13.4. The molecule has 0 spiro atoms. The molecule has 4 atom stereocenters. The molecule has 2 aromatic rings. The molecule has 6 heteroatoms. The van der Waals surface area contributed by atoms with Gasteiger partial charge in [-0.3, -0.25) is 4.79 Å². The van der Waals surface area contributed by atoms with Gasteiger partial charge in [-0.25, -0.2) is 4.99 Å². The Labute approximate surface area is 182 Å². The number of benzene rings is 2. The van der Waals surface area contributed by atoms with E-state index < -0.39 is 17.7 Å². The number of carbonyl (C=O) groups excluding carboxylic acids is 1. The lowest BCUT2D eigenvalue weighted by Crippen LogP contribution is -2.55. The Balaban J connectivity index is 1.61. The van der Waals surface area contributed by atoms with Crippen LogP contribution in [0, 0.1) is 5.92 Å². The molecule has 158 valence electrons. The molecule has 1 saturated carbocycles. The first-order valence-corrected chi connectivity index (χ1v) is 10.6. The summed E-state index contributed by atoms with van der Waals surface area (Å²) in [6, 6.07) is 15.2. The quantitative estimate of drug-likeness (QED) is 0.654. The lowest BCUT2D eigenvalue weighted by Gasteiger charge is -2.44. The van der Waals surface area contributed by atoms with Crippen LogP contribution in [-0.2, 0) is 26.4 Å². The van der Waals surface area contributed by atoms with Gasteiger partial charge in [-0.05, 0) is 43.5 Å². The van der Waals surface area contributed by atoms with Crippen molar-refractivity contribution >= 4 is 23.3 Å². The summed E-state index contributed by atoms with van der Waals surface area (Å²) in [4.78, 5) is 18.2. The predicted molar refractivity (Wildman–Crippen MR) is 116 cm³/mol. The van der Waals surface area contributed by atoms with Gasteiger partial charge in [0.1, 0.15) is 11.9 Å². The van der Waals surface area contributed by atoms with Crippen molar-refractivity contribution in [2.45, 2.75) is 51.0 Å². The van der Waals surface area contributed by atoms with E-state index in [2.05, 4.69) is 0 Å². The van der Waals surface area contributed by atoms with Crippen molar-refractivity contribution < 1.29 is 19.0 Å². The van der Waals surface area contributed by atoms with Gasteiger partial charge in [0.05, 0.1) is 13.7 Å². The van der Waals surface area contributed by atoms with Gasteiger partial charge in [0.25, 0.3) is 0 Å². The minimum absolute atomic E-state index is 0.0135. The van der Waals surface area contributed by atoms with E-state index in [9.17, 15) is 4.79 Å². The molecule has 0 radical (unpaired) electrons. The molecule has 1 aliphatic carbocycles. The second-order valence-corrected chi connectivity index (χ2v) is 8.42. The molecule has 4 rings (SSSR count). The first kappa shape index (κ1) is 20.9. The molecule has 2 aliphatic rings. The largest absolute Gasteiger partial charge is 0.497 e. The summed E-state index contributed by atoms with van der Waals surface area (Å²) in [6.07, 6.45) is 0.537. The maximum absolute atomic E-state index is 13.4. The van der Waals surface area contributed by atoms with E-state index in [0.717, 1.165) is 23.3 Å². The van der Waals surface area contributed by atoms with Gasteiger partial charge in [-0.2, -0.15) is 0 Å². The summed E-state index contributed by atoms with van der Waals surface area (Å²) in [7, 11) is 1.64. The Bertz CT molecular complexity index is 958. The van der Waals surface area contributed by atoms with Crippen molar-refractivity contribution in [2.75, 3.05) is 7.11 Å². The van der Waals surface area contributed by atoms with E-state index in [1.807, 2.05) is 56.3 Å². The number of halogens is 1. The van der Waals surface area contributed by atoms with E-state index in [-0.39, 0.29) is 11.7 Å². The monoisotopic (exact) mass is 427 g/mol. The number of nitrogens with zero attached hydrogens (tertiary/aromatic N) is 1. The van der Waals surface area contributed by atoms with Gasteiger partial charge < -0.3 is 14.2 Å². The SMILES string of the molecule is COc1ccc(COC(C)C2=NC3(c4ccccc4Cl)CCC(C)C(O2)C3=O)cc1. The Hall–Kier alpha value is -2.37. The van der Waals surface area contributed by atoms with Gasteiger partial charge >= 0.3 is 0 Å². The molecule has 30 heavy (non-hydrogen) atoms. The van der Waals surface area contributed by atoms with E-state index in [1.54, 1.807) is 13.2 Å². The summed E-state index contributed by atoms with van der Waals surface area (Å²) in [5.74, 6) is 1.36. The Kier molecular flexibility index (Phi) is 5.85. The highest BCUT2D eigenvalue weighted by molar-refractivity contribution is 6.32. The summed E-state index contributed by atoms with van der Waals surface area (Å²) in [5, 5.41) is 0.552. The molecule has 4 unspecified atom stereocenters. The van der Waals surface area contributed by atoms with Gasteiger partial charge in [-0.1, -0.05) is 48.9 Å². The van der Waals surface area contributed by atoms with Crippen LogP contribution in [0.25, 0.3) is 0 Å². The highest BCUT2D eigenvalue weighted by Crippen LogP contribution is 2.46. The highest BCUT2D eigenvalue weighted by Gasteiger charge is 2.54. The fourth-order valence-electron chi connectivity index (χ4n) is 4.16. The standard InChI is InChI=1S/C24H26ClNO4/c1-15-12-13-24(19-6-4-5-7-20(19)25)22(27)21(15)30-23(26-24)16(2)29-14-17-8-10-18(28-3)11-9-17/h4-11,15-16,21H,12-14H2,1-3H3. The van der Waals surface area contributed by atoms with Crippen molar-refractivity contribution in [3.8, 4) is 5.75 Å². The van der Waals surface area contributed by atoms with Gasteiger partial charge in [0.15, 0.2) is 11.6 Å². The summed E-state index contributed by atoms with van der Waals surface area (Å²) < 4.78 is 17.3. The van der Waals surface area contributed by atoms with Crippen LogP contribution < -0.4 is 4.74 Å². The normalized spacial score (nSPS) is 26.5. The fourth-order valence-corrected chi connectivity index (χ4v) is 4.45. The van der Waals surface area contributed by atoms with Gasteiger partial charge in [0.2, 0.25) is 11.7 Å². The average molecular weight is 428 g/mol. The molecule has 5 nitrogen and oxygen atoms in total. The molecule has 1 fully saturated rings. The van der Waals surface area contributed by atoms with Gasteiger partial charge in [0, 0.05) is 16.5 Å². The van der Waals surface area contributed by atoms with Crippen molar-refractivity contribution in [2.24, 2.45) is 10.9 Å². The van der Waals surface area contributed by atoms with Crippen LogP contribution in [0.3, 0.4) is 0 Å². The maximum Gasteiger partial charge on any atom is 0.215 e. The molecule has 0 N–H and O–H groups in total. The van der Waals surface area contributed by atoms with Crippen LogP contribution in [-0.4, -0.2) is 31.0 Å². The van der Waals surface area contributed by atoms with E-state index in [0.29, 0.717) is 23.9 Å². The first-order valence-electron chi connectivity index (χ1n) is 10.2. The van der Waals surface area contributed by atoms with Crippen molar-refractivity contribution in [1.82, 2.24) is 0 Å². The number of carbonyl (C=O) groups is 1. The number of rotatable bonds is 6. The molecule has 0 saturated heterocycles. The predicted octanol–water partition coefficient (Wildman–Crippen LogP) is 4.95. The molecule has 2 bridgehead atoms. The zero-order chi connectivity index (χ0) is 21.3. The Morgan fingerprint density at radius 1 is 1.23 bits per heavy atom. The van der Waals surface area contributed by atoms with Crippen LogP contribution in [0.2, 0.25) is 5.02 Å². The lowest BCUT2D eigenvalue weighted by atomic mass is 9.70. The van der Waals surface area contributed by atoms with Crippen molar-refractivity contribution in [3.63, 3.8) is 0 Å². The topological polar surface area (TPSA) is 57.1 Å². The summed E-state index contributed by atoms with van der Waals surface area (Å²) in [6.45, 7) is 4.35. The fraction of sp³-hybridized carbons (Fsp3) is 0.417. The summed E-state index contributed by atoms with van der Waals surface area (Å²) in [5.41, 5.74) is 0.766. The third-order valence-corrected chi connectivity index (χ3v) is 6.35. The second kappa shape index (κ2) is 8.40. The van der Waals surface area contributed by atoms with Crippen molar-refractivity contribution in [1.29, 1.82) is 0 Å². The van der Waals surface area contributed by atoms with E-state index in [4.69, 9.17) is 30.8 Å². The third kappa shape index (κ3) is 3.72. The Morgan fingerprint density at radius 3 is 2.67 bits per heavy atom. The number of hydrogen-bond donors (Lipinski definition) is 0. The van der Waals surface area contributed by atoms with Gasteiger partial charge in [-0.15, -0.1) is 0 Å². The van der Waals surface area contributed by atoms with Crippen LogP contribution in [0.1, 0.15) is 37.8 Å². The zero-order valence-corrected chi connectivity index (χ0v) is 18.2. The molecular formula is C24H26ClNO4. The van der Waals surface area contributed by atoms with Crippen LogP contribution in [0.5, 0.6) is 5.75 Å². The molecule has 2 aromatic carbocycles. The molecule has 0 amide bonds. The van der Waals surface area contributed by atoms with Crippen LogP contribution in [0.4, 0.5) is 0 Å². The number of hydrogen-bond acceptors (Lipinski definition) is 5. The molecule has 1 aliphatic heterocycles. The first-order chi connectivity index (χ1) is 14.4. The minimum atomic E-state index is -0.999. The van der Waals surface area contributed by atoms with E-state index in [1.165, 1.54) is 0 Å². The lowest BCUT2D eigenvalue weighted by molar-refractivity contribution is -0.141. The second-order valence-electron chi connectivity index (χ2n) is 8.01. The number of methoxy groups -OCH3 is 1. The minimum Gasteiger partial charge on any atom is -0.497 e. The van der Waals surface area contributed by atoms with Crippen molar-refractivity contribution in [3.05, 3.63) is 64.7 Å². The Morgan fingerprint density at radius 2 is 1.97 bits per heavy atom. The van der Waals surface area contributed by atoms with E-state index >= 15 is 0 Å². The highest BCUT2D eigenvalue weighted by atomic mass is 35.5. The molecule has 0 aromatic heterocycles. The smallest absolute Gasteiger partial charge is 0.215 e. The molecular weight excluding hydrogens is 402 g/mol. The number of ether oxygens (including phenoxy) is 3. The zero-order valence-electron chi connectivity index (χ0n) is 17.4. The average Bonchev–Trinajstić information content (AvgIpc) is 2.76. The number of fused-ring (bicyclic) bond motifs is 2. The molecule has 1 heterocycles. The third-order valence-electron chi connectivity index (χ3n) is 6.02. The number of Topliss-reactive ketones (excluding diaryl/α,β-unsaturated/α-hetero) is 1. The summed E-state index contributed by atoms with van der Waals surface area (Å²) >= 11 is 6.49. The van der Waals surface area contributed by atoms with Crippen LogP contribution in [0.15, 0.2) is 53.5 Å². The number of aliphatic imine (C=N–C) groups is 1. The van der Waals surface area contributed by atoms with Crippen LogP contribution >= 0.6 is 11.6 Å². The number of ketones is 1.